The van der Waals surface area contributed by atoms with Crippen LogP contribution in [0.3, 0.4) is 0 Å². The van der Waals surface area contributed by atoms with Crippen LogP contribution in [0, 0.1) is 5.92 Å². The first-order valence-electron chi connectivity index (χ1n) is 6.09. The maximum atomic E-state index is 11.9. The Hall–Kier alpha value is -0.620. The first-order chi connectivity index (χ1) is 7.89. The average Bonchev–Trinajstić information content (AvgIpc) is 2.58. The average molecular weight is 262 g/mol. The van der Waals surface area contributed by atoms with Gasteiger partial charge in [-0.25, -0.2) is 8.42 Å². The van der Waals surface area contributed by atoms with Gasteiger partial charge in [0.1, 0.15) is 5.75 Å². The van der Waals surface area contributed by atoms with Crippen LogP contribution in [0.25, 0.3) is 0 Å². The third kappa shape index (κ3) is 3.96. The molecule has 0 aromatic carbocycles. The lowest BCUT2D eigenvalue weighted by Gasteiger charge is -2.21. The van der Waals surface area contributed by atoms with Crippen molar-refractivity contribution in [1.82, 2.24) is 4.90 Å². The second-order valence-corrected chi connectivity index (χ2v) is 7.01. The van der Waals surface area contributed by atoms with Crippen molar-refractivity contribution in [3.63, 3.8) is 0 Å². The summed E-state index contributed by atoms with van der Waals surface area (Å²) in [4.78, 5) is 13.6. The van der Waals surface area contributed by atoms with E-state index in [-0.39, 0.29) is 23.5 Å². The standard InChI is InChI=1S/C11H22N2O3S/c1-3-4-17(15,16)8-11(14)13-7-10(6-12)5-9(13)2/h9-10H,3-8,12H2,1-2H3. The number of carbonyl (C=O) groups excluding carboxylic acids is 1. The highest BCUT2D eigenvalue weighted by molar-refractivity contribution is 7.92. The summed E-state index contributed by atoms with van der Waals surface area (Å²) in [6.45, 7) is 4.89. The molecule has 0 saturated carbocycles. The Kier molecular flexibility index (Phi) is 4.94. The van der Waals surface area contributed by atoms with Crippen LogP contribution in [0.2, 0.25) is 0 Å². The predicted molar refractivity (Wildman–Crippen MR) is 67.3 cm³/mol. The van der Waals surface area contributed by atoms with Crippen molar-refractivity contribution in [2.45, 2.75) is 32.7 Å². The topological polar surface area (TPSA) is 80.5 Å². The van der Waals surface area contributed by atoms with Crippen molar-refractivity contribution in [2.24, 2.45) is 11.7 Å². The second-order valence-electron chi connectivity index (χ2n) is 4.82. The highest BCUT2D eigenvalue weighted by Gasteiger charge is 2.33. The van der Waals surface area contributed by atoms with Crippen molar-refractivity contribution in [2.75, 3.05) is 24.6 Å². The number of nitrogens with zero attached hydrogens (tertiary/aromatic N) is 1. The number of carbonyl (C=O) groups is 1. The van der Waals surface area contributed by atoms with Gasteiger partial charge in [-0.2, -0.15) is 0 Å². The van der Waals surface area contributed by atoms with Crippen LogP contribution >= 0.6 is 0 Å². The molecule has 1 amide bonds. The molecule has 0 aromatic rings. The van der Waals surface area contributed by atoms with Crippen LogP contribution in [-0.4, -0.2) is 49.9 Å². The van der Waals surface area contributed by atoms with E-state index in [1.165, 1.54) is 0 Å². The van der Waals surface area contributed by atoms with Gasteiger partial charge in [-0.3, -0.25) is 4.79 Å². The monoisotopic (exact) mass is 262 g/mol. The summed E-state index contributed by atoms with van der Waals surface area (Å²) < 4.78 is 23.2. The van der Waals surface area contributed by atoms with Crippen LogP contribution in [-0.2, 0) is 14.6 Å². The van der Waals surface area contributed by atoms with E-state index in [0.717, 1.165) is 6.42 Å². The number of hydrogen-bond donors (Lipinski definition) is 1. The lowest BCUT2D eigenvalue weighted by Crippen LogP contribution is -2.38. The van der Waals surface area contributed by atoms with Gasteiger partial charge in [0.15, 0.2) is 9.84 Å². The van der Waals surface area contributed by atoms with E-state index in [4.69, 9.17) is 5.73 Å². The van der Waals surface area contributed by atoms with Crippen LogP contribution in [0.15, 0.2) is 0 Å². The van der Waals surface area contributed by atoms with E-state index in [1.54, 1.807) is 11.8 Å². The van der Waals surface area contributed by atoms with Crippen molar-refractivity contribution < 1.29 is 13.2 Å². The summed E-state index contributed by atoms with van der Waals surface area (Å²) in [5.74, 6) is -0.242. The van der Waals surface area contributed by atoms with Crippen molar-refractivity contribution in [1.29, 1.82) is 0 Å². The summed E-state index contributed by atoms with van der Waals surface area (Å²) in [6, 6.07) is 0.105. The minimum Gasteiger partial charge on any atom is -0.339 e. The minimum absolute atomic E-state index is 0.0846. The smallest absolute Gasteiger partial charge is 0.238 e. The third-order valence-corrected chi connectivity index (χ3v) is 4.89. The first kappa shape index (κ1) is 14.4. The summed E-state index contributed by atoms with van der Waals surface area (Å²) in [6.07, 6.45) is 1.42. The Morgan fingerprint density at radius 2 is 2.12 bits per heavy atom. The van der Waals surface area contributed by atoms with Crippen LogP contribution in [0.4, 0.5) is 0 Å². The zero-order chi connectivity index (χ0) is 13.1. The summed E-state index contributed by atoms with van der Waals surface area (Å²) in [5, 5.41) is 0. The summed E-state index contributed by atoms with van der Waals surface area (Å²) >= 11 is 0. The van der Waals surface area contributed by atoms with Gasteiger partial charge in [0.25, 0.3) is 0 Å². The van der Waals surface area contributed by atoms with Crippen LogP contribution in [0.5, 0.6) is 0 Å². The lowest BCUT2D eigenvalue weighted by atomic mass is 10.1. The molecule has 0 spiro atoms. The zero-order valence-corrected chi connectivity index (χ0v) is 11.4. The molecule has 1 rings (SSSR count). The Balaban J connectivity index is 2.60. The Morgan fingerprint density at radius 1 is 1.47 bits per heavy atom. The molecule has 1 saturated heterocycles. The molecule has 17 heavy (non-hydrogen) atoms. The lowest BCUT2D eigenvalue weighted by molar-refractivity contribution is -0.129. The molecule has 1 aliphatic rings. The van der Waals surface area contributed by atoms with Gasteiger partial charge in [0.2, 0.25) is 5.91 Å². The van der Waals surface area contributed by atoms with Crippen LogP contribution in [0.1, 0.15) is 26.7 Å². The fraction of sp³-hybridized carbons (Fsp3) is 0.909. The van der Waals surface area contributed by atoms with Gasteiger partial charge < -0.3 is 10.6 Å². The molecular weight excluding hydrogens is 240 g/mol. The molecule has 2 atom stereocenters. The maximum Gasteiger partial charge on any atom is 0.238 e. The highest BCUT2D eigenvalue weighted by Crippen LogP contribution is 2.22. The van der Waals surface area contributed by atoms with E-state index >= 15 is 0 Å². The van der Waals surface area contributed by atoms with E-state index in [1.807, 2.05) is 6.92 Å². The molecule has 0 aromatic heterocycles. The molecule has 5 nitrogen and oxygen atoms in total. The van der Waals surface area contributed by atoms with E-state index in [2.05, 4.69) is 0 Å². The second kappa shape index (κ2) is 5.82. The summed E-state index contributed by atoms with van der Waals surface area (Å²) in [7, 11) is -3.24. The quantitative estimate of drug-likeness (QED) is 0.756. The molecule has 1 heterocycles. The van der Waals surface area contributed by atoms with E-state index in [0.29, 0.717) is 25.4 Å². The predicted octanol–water partition coefficient (Wildman–Crippen LogP) is 0.00690. The number of nitrogens with two attached hydrogens (primary N) is 1. The molecule has 2 unspecified atom stereocenters. The molecule has 1 aliphatic heterocycles. The summed E-state index contributed by atoms with van der Waals surface area (Å²) in [5.41, 5.74) is 5.58. The molecule has 0 radical (unpaired) electrons. The Morgan fingerprint density at radius 3 is 2.59 bits per heavy atom. The van der Waals surface area contributed by atoms with Gasteiger partial charge >= 0.3 is 0 Å². The molecular formula is C11H22N2O3S. The molecule has 2 N–H and O–H groups in total. The first-order valence-corrected chi connectivity index (χ1v) is 7.91. The van der Waals surface area contributed by atoms with Gasteiger partial charge in [-0.15, -0.1) is 0 Å². The normalized spacial score (nSPS) is 25.2. The van der Waals surface area contributed by atoms with E-state index < -0.39 is 9.84 Å². The largest absolute Gasteiger partial charge is 0.339 e. The number of hydrogen-bond acceptors (Lipinski definition) is 4. The number of likely N-dealkylation sites (tertiary alicyclic amines) is 1. The number of amides is 1. The SMILES string of the molecule is CCCS(=O)(=O)CC(=O)N1CC(CN)CC1C. The fourth-order valence-electron chi connectivity index (χ4n) is 2.31. The molecule has 0 aliphatic carbocycles. The Bertz CT molecular complexity index is 367. The molecule has 0 bridgehead atoms. The molecule has 6 heteroatoms. The number of sulfone groups is 1. The van der Waals surface area contributed by atoms with Crippen molar-refractivity contribution >= 4 is 15.7 Å². The third-order valence-electron chi connectivity index (χ3n) is 3.17. The fourth-order valence-corrected chi connectivity index (χ4v) is 3.62. The van der Waals surface area contributed by atoms with Crippen molar-refractivity contribution in [3.05, 3.63) is 0 Å². The maximum absolute atomic E-state index is 11.9. The zero-order valence-electron chi connectivity index (χ0n) is 10.6. The minimum atomic E-state index is -3.24. The number of rotatable bonds is 5. The molecule has 1 fully saturated rings. The van der Waals surface area contributed by atoms with Gasteiger partial charge in [-0.1, -0.05) is 6.92 Å². The highest BCUT2D eigenvalue weighted by atomic mass is 32.2. The van der Waals surface area contributed by atoms with Crippen LogP contribution < -0.4 is 5.73 Å². The van der Waals surface area contributed by atoms with Gasteiger partial charge in [-0.05, 0) is 32.2 Å². The van der Waals surface area contributed by atoms with Crippen molar-refractivity contribution in [3.8, 4) is 0 Å². The Labute approximate surface area is 103 Å². The molecule has 100 valence electrons. The van der Waals surface area contributed by atoms with E-state index in [9.17, 15) is 13.2 Å². The van der Waals surface area contributed by atoms with Gasteiger partial charge in [0.05, 0.1) is 5.75 Å². The van der Waals surface area contributed by atoms with Gasteiger partial charge in [0, 0.05) is 12.6 Å².